The molecule has 0 saturated heterocycles. The summed E-state index contributed by atoms with van der Waals surface area (Å²) < 4.78 is 6.08. The van der Waals surface area contributed by atoms with E-state index in [1.807, 2.05) is 6.92 Å². The first-order valence-corrected chi connectivity index (χ1v) is 4.47. The predicted octanol–water partition coefficient (Wildman–Crippen LogP) is 2.66. The molecule has 4 heteroatoms. The van der Waals surface area contributed by atoms with E-state index in [1.165, 1.54) is 0 Å². The minimum absolute atomic E-state index is 0.469. The molecule has 60 valence electrons. The molecule has 0 aromatic carbocycles. The van der Waals surface area contributed by atoms with Crippen LogP contribution in [0.3, 0.4) is 0 Å². The molecule has 0 amide bonds. The molecule has 0 radical (unpaired) electrons. The Labute approximate surface area is 84.1 Å². The highest BCUT2D eigenvalue weighted by molar-refractivity contribution is 14.1. The Morgan fingerprint density at radius 2 is 2.27 bits per heavy atom. The van der Waals surface area contributed by atoms with E-state index >= 15 is 0 Å². The standard InChI is InChI=1S/C7H7ClINO/c1-4-5(9)3-6(8)10-7(4)11-2/h3H,1-2H3. The topological polar surface area (TPSA) is 22.1 Å². The van der Waals surface area contributed by atoms with Gasteiger partial charge in [0.2, 0.25) is 5.88 Å². The van der Waals surface area contributed by atoms with Gasteiger partial charge in [0.25, 0.3) is 0 Å². The van der Waals surface area contributed by atoms with Gasteiger partial charge in [0.05, 0.1) is 7.11 Å². The molecule has 1 heterocycles. The van der Waals surface area contributed by atoms with E-state index in [2.05, 4.69) is 27.6 Å². The second-order valence-corrected chi connectivity index (χ2v) is 3.61. The number of ether oxygens (including phenoxy) is 1. The van der Waals surface area contributed by atoms with Crippen molar-refractivity contribution in [2.45, 2.75) is 6.92 Å². The molecule has 0 aliphatic carbocycles. The molecule has 0 N–H and O–H groups in total. The zero-order valence-corrected chi connectivity index (χ0v) is 9.10. The molecule has 0 fully saturated rings. The quantitative estimate of drug-likeness (QED) is 0.584. The summed E-state index contributed by atoms with van der Waals surface area (Å²) in [6, 6.07) is 1.81. The van der Waals surface area contributed by atoms with Crippen molar-refractivity contribution in [1.82, 2.24) is 4.98 Å². The van der Waals surface area contributed by atoms with Crippen LogP contribution in [0.2, 0.25) is 5.15 Å². The van der Waals surface area contributed by atoms with Crippen LogP contribution < -0.4 is 4.74 Å². The summed E-state index contributed by atoms with van der Waals surface area (Å²) in [6.45, 7) is 1.95. The summed E-state index contributed by atoms with van der Waals surface area (Å²) in [5, 5.41) is 0.469. The number of pyridine rings is 1. The SMILES string of the molecule is COc1nc(Cl)cc(I)c1C. The third-order valence-corrected chi connectivity index (χ3v) is 2.64. The number of methoxy groups -OCH3 is 1. The second kappa shape index (κ2) is 3.58. The van der Waals surface area contributed by atoms with Gasteiger partial charge in [-0.15, -0.1) is 0 Å². The van der Waals surface area contributed by atoms with E-state index in [0.29, 0.717) is 11.0 Å². The summed E-state index contributed by atoms with van der Waals surface area (Å²) in [4.78, 5) is 3.99. The van der Waals surface area contributed by atoms with Crippen LogP contribution in [0, 0.1) is 10.5 Å². The molecule has 0 aliphatic heterocycles. The average molecular weight is 283 g/mol. The fourth-order valence-electron chi connectivity index (χ4n) is 0.727. The monoisotopic (exact) mass is 283 g/mol. The summed E-state index contributed by atoms with van der Waals surface area (Å²) >= 11 is 7.90. The van der Waals surface area contributed by atoms with Crippen LogP contribution in [0.4, 0.5) is 0 Å². The first kappa shape index (κ1) is 9.06. The van der Waals surface area contributed by atoms with Crippen LogP contribution >= 0.6 is 34.2 Å². The molecule has 0 unspecified atom stereocenters. The third-order valence-electron chi connectivity index (χ3n) is 1.33. The molecule has 0 atom stereocenters. The number of hydrogen-bond acceptors (Lipinski definition) is 2. The van der Waals surface area contributed by atoms with Gasteiger partial charge in [-0.3, -0.25) is 0 Å². The van der Waals surface area contributed by atoms with Crippen LogP contribution in [0.1, 0.15) is 5.56 Å². The van der Waals surface area contributed by atoms with Crippen molar-refractivity contribution >= 4 is 34.2 Å². The maximum atomic E-state index is 5.70. The van der Waals surface area contributed by atoms with E-state index in [4.69, 9.17) is 16.3 Å². The van der Waals surface area contributed by atoms with Gasteiger partial charge in [-0.2, -0.15) is 0 Å². The number of nitrogens with zero attached hydrogens (tertiary/aromatic N) is 1. The van der Waals surface area contributed by atoms with Gasteiger partial charge >= 0.3 is 0 Å². The fourth-order valence-corrected chi connectivity index (χ4v) is 1.62. The maximum Gasteiger partial charge on any atom is 0.218 e. The predicted molar refractivity (Wildman–Crippen MR) is 53.3 cm³/mol. The molecule has 0 spiro atoms. The van der Waals surface area contributed by atoms with Gasteiger partial charge in [-0.25, -0.2) is 4.98 Å². The third kappa shape index (κ3) is 1.96. The van der Waals surface area contributed by atoms with Crippen LogP contribution in [0.15, 0.2) is 6.07 Å². The molecular weight excluding hydrogens is 276 g/mol. The Kier molecular flexibility index (Phi) is 2.95. The fraction of sp³-hybridized carbons (Fsp3) is 0.286. The Morgan fingerprint density at radius 3 is 2.82 bits per heavy atom. The lowest BCUT2D eigenvalue weighted by atomic mass is 10.3. The van der Waals surface area contributed by atoms with Crippen molar-refractivity contribution in [1.29, 1.82) is 0 Å². The lowest BCUT2D eigenvalue weighted by Gasteiger charge is -2.04. The molecule has 1 aromatic rings. The smallest absolute Gasteiger partial charge is 0.218 e. The maximum absolute atomic E-state index is 5.70. The Morgan fingerprint density at radius 1 is 1.64 bits per heavy atom. The summed E-state index contributed by atoms with van der Waals surface area (Å²) in [6.07, 6.45) is 0. The molecular formula is C7H7ClINO. The Balaban J connectivity index is 3.24. The molecule has 1 aromatic heterocycles. The highest BCUT2D eigenvalue weighted by atomic mass is 127. The molecule has 0 saturated carbocycles. The van der Waals surface area contributed by atoms with E-state index in [0.717, 1.165) is 9.13 Å². The van der Waals surface area contributed by atoms with Gasteiger partial charge in [-0.1, -0.05) is 11.6 Å². The lowest BCUT2D eigenvalue weighted by Crippen LogP contribution is -1.93. The molecule has 11 heavy (non-hydrogen) atoms. The van der Waals surface area contributed by atoms with Crippen molar-refractivity contribution < 1.29 is 4.74 Å². The Bertz CT molecular complexity index is 277. The number of halogens is 2. The molecule has 2 nitrogen and oxygen atoms in total. The Hall–Kier alpha value is -0.0300. The van der Waals surface area contributed by atoms with Crippen molar-refractivity contribution in [2.75, 3.05) is 7.11 Å². The highest BCUT2D eigenvalue weighted by Gasteiger charge is 2.04. The van der Waals surface area contributed by atoms with Gasteiger partial charge in [0.15, 0.2) is 0 Å². The first-order valence-electron chi connectivity index (χ1n) is 3.01. The van der Waals surface area contributed by atoms with E-state index in [9.17, 15) is 0 Å². The van der Waals surface area contributed by atoms with Crippen LogP contribution in [0.25, 0.3) is 0 Å². The van der Waals surface area contributed by atoms with Gasteiger partial charge < -0.3 is 4.74 Å². The van der Waals surface area contributed by atoms with Crippen LogP contribution in [-0.2, 0) is 0 Å². The lowest BCUT2D eigenvalue weighted by molar-refractivity contribution is 0.394. The van der Waals surface area contributed by atoms with Crippen LogP contribution in [-0.4, -0.2) is 12.1 Å². The van der Waals surface area contributed by atoms with Crippen molar-refractivity contribution in [3.63, 3.8) is 0 Å². The zero-order chi connectivity index (χ0) is 8.43. The van der Waals surface area contributed by atoms with E-state index in [-0.39, 0.29) is 0 Å². The molecule has 1 rings (SSSR count). The normalized spacial score (nSPS) is 9.82. The first-order chi connectivity index (χ1) is 5.15. The van der Waals surface area contributed by atoms with E-state index in [1.54, 1.807) is 13.2 Å². The highest BCUT2D eigenvalue weighted by Crippen LogP contribution is 2.23. The number of rotatable bonds is 1. The minimum Gasteiger partial charge on any atom is -0.481 e. The molecule has 0 aliphatic rings. The van der Waals surface area contributed by atoms with Gasteiger partial charge in [0.1, 0.15) is 5.15 Å². The summed E-state index contributed by atoms with van der Waals surface area (Å²) in [7, 11) is 1.59. The van der Waals surface area contributed by atoms with Crippen molar-refractivity contribution in [3.8, 4) is 5.88 Å². The second-order valence-electron chi connectivity index (χ2n) is 2.06. The zero-order valence-electron chi connectivity index (χ0n) is 6.19. The van der Waals surface area contributed by atoms with Gasteiger partial charge in [-0.05, 0) is 35.6 Å². The summed E-state index contributed by atoms with van der Waals surface area (Å²) in [5.74, 6) is 0.599. The van der Waals surface area contributed by atoms with Gasteiger partial charge in [0, 0.05) is 9.13 Å². The molecule has 0 bridgehead atoms. The summed E-state index contributed by atoms with van der Waals surface area (Å²) in [5.41, 5.74) is 1.03. The number of aromatic nitrogens is 1. The van der Waals surface area contributed by atoms with Crippen LogP contribution in [0.5, 0.6) is 5.88 Å². The average Bonchev–Trinajstić information content (AvgIpc) is 1.96. The largest absolute Gasteiger partial charge is 0.481 e. The minimum atomic E-state index is 0.469. The van der Waals surface area contributed by atoms with Crippen molar-refractivity contribution in [2.24, 2.45) is 0 Å². The van der Waals surface area contributed by atoms with E-state index < -0.39 is 0 Å². The van der Waals surface area contributed by atoms with Crippen molar-refractivity contribution in [3.05, 3.63) is 20.4 Å². The number of hydrogen-bond donors (Lipinski definition) is 0.